The Morgan fingerprint density at radius 2 is 2.11 bits per heavy atom. The van der Waals surface area contributed by atoms with Crippen LogP contribution in [0.1, 0.15) is 10.4 Å². The molecule has 2 aromatic rings. The van der Waals surface area contributed by atoms with Gasteiger partial charge in [-0.2, -0.15) is 0 Å². The lowest BCUT2D eigenvalue weighted by Gasteiger charge is -2.07. The molecule has 0 saturated carbocycles. The molecule has 0 saturated heterocycles. The topological polar surface area (TPSA) is 80.0 Å². The lowest BCUT2D eigenvalue weighted by Crippen LogP contribution is -2.15. The number of nitrogen functional groups attached to an aromatic ring is 1. The third kappa shape index (κ3) is 2.98. The average Bonchev–Trinajstić information content (AvgIpc) is 2.41. The number of hydrazine groups is 1. The van der Waals surface area contributed by atoms with E-state index in [-0.39, 0.29) is 22.1 Å². The van der Waals surface area contributed by atoms with E-state index in [9.17, 15) is 9.18 Å². The maximum absolute atomic E-state index is 13.4. The first-order valence-corrected chi connectivity index (χ1v) is 5.67. The van der Waals surface area contributed by atoms with Gasteiger partial charge < -0.3 is 10.7 Å². The molecule has 7 heteroatoms. The number of para-hydroxylation sites is 1. The summed E-state index contributed by atoms with van der Waals surface area (Å²) in [5.41, 5.74) is 2.57. The summed E-state index contributed by atoms with van der Waals surface area (Å²) in [6.07, 6.45) is 1.29. The quantitative estimate of drug-likeness (QED) is 0.596. The number of hydrogen-bond donors (Lipinski definition) is 3. The maximum Gasteiger partial charge on any atom is 0.257 e. The van der Waals surface area contributed by atoms with Crippen molar-refractivity contribution in [2.24, 2.45) is 5.84 Å². The zero-order valence-electron chi connectivity index (χ0n) is 9.65. The average molecular weight is 281 g/mol. The summed E-state index contributed by atoms with van der Waals surface area (Å²) in [6.45, 7) is 0. The molecule has 1 aromatic carbocycles. The van der Waals surface area contributed by atoms with Gasteiger partial charge in [0.2, 0.25) is 0 Å². The van der Waals surface area contributed by atoms with Crippen molar-refractivity contribution in [1.29, 1.82) is 0 Å². The molecule has 0 spiro atoms. The second-order valence-electron chi connectivity index (χ2n) is 3.63. The first-order valence-electron chi connectivity index (χ1n) is 5.30. The summed E-state index contributed by atoms with van der Waals surface area (Å²) in [5.74, 6) is 4.40. The highest BCUT2D eigenvalue weighted by molar-refractivity contribution is 6.33. The van der Waals surface area contributed by atoms with Gasteiger partial charge >= 0.3 is 0 Å². The molecule has 4 N–H and O–H groups in total. The number of rotatable bonds is 3. The monoisotopic (exact) mass is 280 g/mol. The van der Waals surface area contributed by atoms with E-state index >= 15 is 0 Å². The smallest absolute Gasteiger partial charge is 0.257 e. The molecule has 0 aliphatic rings. The van der Waals surface area contributed by atoms with Crippen LogP contribution in [0.4, 0.5) is 15.9 Å². The zero-order chi connectivity index (χ0) is 13.8. The maximum atomic E-state index is 13.4. The van der Waals surface area contributed by atoms with Crippen molar-refractivity contribution < 1.29 is 9.18 Å². The second kappa shape index (κ2) is 5.64. The van der Waals surface area contributed by atoms with E-state index in [0.29, 0.717) is 0 Å². The number of nitrogens with two attached hydrogens (primary N) is 1. The summed E-state index contributed by atoms with van der Waals surface area (Å²) in [4.78, 5) is 15.7. The minimum absolute atomic E-state index is 0.0876. The molecular weight excluding hydrogens is 271 g/mol. The summed E-state index contributed by atoms with van der Waals surface area (Å²) < 4.78 is 13.4. The van der Waals surface area contributed by atoms with Crippen molar-refractivity contribution in [1.82, 2.24) is 4.98 Å². The lowest BCUT2D eigenvalue weighted by molar-refractivity contribution is 0.102. The summed E-state index contributed by atoms with van der Waals surface area (Å²) in [6, 6.07) is 7.25. The van der Waals surface area contributed by atoms with E-state index < -0.39 is 11.7 Å². The number of anilines is 2. The van der Waals surface area contributed by atoms with Crippen LogP contribution in [-0.4, -0.2) is 10.9 Å². The van der Waals surface area contributed by atoms with Gasteiger partial charge in [-0.1, -0.05) is 23.7 Å². The third-order valence-corrected chi connectivity index (χ3v) is 2.65. The van der Waals surface area contributed by atoms with Gasteiger partial charge in [-0.3, -0.25) is 4.79 Å². The molecular formula is C12H10ClFN4O. The molecule has 1 heterocycles. The molecule has 5 nitrogen and oxygen atoms in total. The fraction of sp³-hybridized carbons (Fsp3) is 0. The van der Waals surface area contributed by atoms with Crippen LogP contribution in [-0.2, 0) is 0 Å². The minimum atomic E-state index is -0.518. The van der Waals surface area contributed by atoms with Gasteiger partial charge in [0.15, 0.2) is 5.82 Å². The highest BCUT2D eigenvalue weighted by atomic mass is 35.5. The molecule has 0 unspecified atom stereocenters. The highest BCUT2D eigenvalue weighted by Gasteiger charge is 2.11. The first kappa shape index (κ1) is 13.3. The van der Waals surface area contributed by atoms with Crippen LogP contribution >= 0.6 is 11.6 Å². The predicted molar refractivity (Wildman–Crippen MR) is 71.4 cm³/mol. The lowest BCUT2D eigenvalue weighted by atomic mass is 10.2. The fourth-order valence-corrected chi connectivity index (χ4v) is 1.65. The van der Waals surface area contributed by atoms with Gasteiger partial charge in [0.1, 0.15) is 5.82 Å². The molecule has 1 amide bonds. The van der Waals surface area contributed by atoms with E-state index in [1.165, 1.54) is 30.5 Å². The van der Waals surface area contributed by atoms with Crippen molar-refractivity contribution >= 4 is 29.0 Å². The van der Waals surface area contributed by atoms with Gasteiger partial charge in [0, 0.05) is 6.20 Å². The third-order valence-electron chi connectivity index (χ3n) is 2.36. The van der Waals surface area contributed by atoms with Crippen molar-refractivity contribution in [2.75, 3.05) is 10.7 Å². The Balaban J connectivity index is 2.21. The summed E-state index contributed by atoms with van der Waals surface area (Å²) in [7, 11) is 0. The zero-order valence-corrected chi connectivity index (χ0v) is 10.4. The second-order valence-corrected chi connectivity index (χ2v) is 4.04. The van der Waals surface area contributed by atoms with Crippen molar-refractivity contribution in [2.45, 2.75) is 0 Å². The van der Waals surface area contributed by atoms with Crippen LogP contribution in [0, 0.1) is 5.82 Å². The van der Waals surface area contributed by atoms with Crippen LogP contribution in [0.15, 0.2) is 36.5 Å². The van der Waals surface area contributed by atoms with E-state index in [4.69, 9.17) is 17.4 Å². The number of carbonyl (C=O) groups is 1. The SMILES string of the molecule is NNc1ncc(C(=O)Nc2ccccc2F)cc1Cl. The number of amides is 1. The number of benzene rings is 1. The van der Waals surface area contributed by atoms with Crippen LogP contribution in [0.3, 0.4) is 0 Å². The molecule has 0 aliphatic heterocycles. The highest BCUT2D eigenvalue weighted by Crippen LogP contribution is 2.20. The van der Waals surface area contributed by atoms with Crippen molar-refractivity contribution in [3.05, 3.63) is 52.9 Å². The number of nitrogens with zero attached hydrogens (tertiary/aromatic N) is 1. The predicted octanol–water partition coefficient (Wildman–Crippen LogP) is 2.41. The number of pyridine rings is 1. The Morgan fingerprint density at radius 3 is 2.74 bits per heavy atom. The molecule has 0 radical (unpaired) electrons. The minimum Gasteiger partial charge on any atom is -0.319 e. The largest absolute Gasteiger partial charge is 0.319 e. The van der Waals surface area contributed by atoms with Gasteiger partial charge in [-0.25, -0.2) is 15.2 Å². The fourth-order valence-electron chi connectivity index (χ4n) is 1.43. The molecule has 98 valence electrons. The number of halogens is 2. The Hall–Kier alpha value is -2.18. The summed E-state index contributed by atoms with van der Waals surface area (Å²) >= 11 is 5.85. The Kier molecular flexibility index (Phi) is 3.94. The first-order chi connectivity index (χ1) is 9.11. The number of aromatic nitrogens is 1. The molecule has 0 fully saturated rings. The Bertz CT molecular complexity index is 620. The number of carbonyl (C=O) groups excluding carboxylic acids is 1. The van der Waals surface area contributed by atoms with Crippen molar-refractivity contribution in [3.63, 3.8) is 0 Å². The molecule has 1 aromatic heterocycles. The van der Waals surface area contributed by atoms with Crippen LogP contribution in [0.25, 0.3) is 0 Å². The Morgan fingerprint density at radius 1 is 1.37 bits per heavy atom. The van der Waals surface area contributed by atoms with E-state index in [2.05, 4.69) is 15.7 Å². The van der Waals surface area contributed by atoms with Crippen LogP contribution in [0.5, 0.6) is 0 Å². The summed E-state index contributed by atoms with van der Waals surface area (Å²) in [5, 5.41) is 2.62. The molecule has 0 aliphatic carbocycles. The van der Waals surface area contributed by atoms with E-state index in [1.54, 1.807) is 6.07 Å². The normalized spacial score (nSPS) is 10.1. The van der Waals surface area contributed by atoms with Gasteiger partial charge in [-0.05, 0) is 18.2 Å². The van der Waals surface area contributed by atoms with Gasteiger partial charge in [0.05, 0.1) is 16.3 Å². The van der Waals surface area contributed by atoms with Crippen LogP contribution < -0.4 is 16.6 Å². The Labute approximate surface area is 113 Å². The van der Waals surface area contributed by atoms with E-state index in [0.717, 1.165) is 0 Å². The van der Waals surface area contributed by atoms with Crippen LogP contribution in [0.2, 0.25) is 5.02 Å². The molecule has 2 rings (SSSR count). The standard InChI is InChI=1S/C12H10ClFN4O/c13-8-5-7(6-16-11(8)18-15)12(19)17-10-4-2-1-3-9(10)14/h1-6H,15H2,(H,16,18)(H,17,19). The van der Waals surface area contributed by atoms with Crippen molar-refractivity contribution in [3.8, 4) is 0 Å². The molecule has 19 heavy (non-hydrogen) atoms. The molecule has 0 atom stereocenters. The number of hydrogen-bond acceptors (Lipinski definition) is 4. The van der Waals surface area contributed by atoms with Gasteiger partial charge in [0.25, 0.3) is 5.91 Å². The van der Waals surface area contributed by atoms with Gasteiger partial charge in [-0.15, -0.1) is 0 Å². The van der Waals surface area contributed by atoms with E-state index in [1.807, 2.05) is 0 Å². The number of nitrogens with one attached hydrogen (secondary N) is 2. The molecule has 0 bridgehead atoms.